The minimum atomic E-state index is 0.461. The Bertz CT molecular complexity index is 524. The van der Waals surface area contributed by atoms with E-state index in [1.165, 1.54) is 24.0 Å². The Morgan fingerprint density at radius 2 is 2.23 bits per heavy atom. The lowest BCUT2D eigenvalue weighted by molar-refractivity contribution is 1.69. The highest BCUT2D eigenvalue weighted by atomic mass is 79.9. The summed E-state index contributed by atoms with van der Waals surface area (Å²) in [5.41, 5.74) is 1.39. The zero-order valence-corrected chi connectivity index (χ0v) is 11.2. The molecule has 1 aromatic heterocycles. The van der Waals surface area contributed by atoms with Crippen LogP contribution in [0.15, 0.2) is 21.5 Å². The van der Waals surface area contributed by atoms with E-state index < -0.39 is 0 Å². The number of rotatable bonds is 0. The van der Waals surface area contributed by atoms with Crippen molar-refractivity contribution in [2.24, 2.45) is 0 Å². The summed E-state index contributed by atoms with van der Waals surface area (Å²) in [6.07, 6.45) is 4.53. The minimum Gasteiger partial charge on any atom is -0.127 e. The third-order valence-electron chi connectivity index (χ3n) is 2.05. The molecule has 1 unspecified atom stereocenters. The number of alkyl halides is 1. The van der Waals surface area contributed by atoms with E-state index in [0.717, 1.165) is 0 Å². The lowest BCUT2D eigenvalue weighted by Crippen LogP contribution is -2.14. The van der Waals surface area contributed by atoms with Crippen molar-refractivity contribution in [3.05, 3.63) is 31.3 Å². The number of fused-ring (bicyclic) bond motifs is 2. The van der Waals surface area contributed by atoms with Crippen LogP contribution >= 0.6 is 55.0 Å². The van der Waals surface area contributed by atoms with Crippen LogP contribution in [0.4, 0.5) is 0 Å². The van der Waals surface area contributed by atoms with Gasteiger partial charge in [-0.1, -0.05) is 22.0 Å². The monoisotopic (exact) mass is 334 g/mol. The molecule has 2 heterocycles. The fourth-order valence-corrected chi connectivity index (χ4v) is 5.16. The summed E-state index contributed by atoms with van der Waals surface area (Å²) in [7, 11) is 0. The Balaban J connectivity index is 2.37. The molecule has 0 radical (unpaired) electrons. The number of hydrogen-bond acceptors (Lipinski definition) is 2. The lowest BCUT2D eigenvalue weighted by Gasteiger charge is -1.93. The van der Waals surface area contributed by atoms with E-state index in [0.29, 0.717) is 4.16 Å². The standard InChI is InChI=1S/C9H4Br2S2/c10-6-2-4-1-5-3-7(11)13-9(5)8(4)12-6/h1-3,6H. The first-order valence-electron chi connectivity index (χ1n) is 3.78. The van der Waals surface area contributed by atoms with Crippen LogP contribution in [0.25, 0.3) is 11.0 Å². The maximum atomic E-state index is 3.59. The first-order chi connectivity index (χ1) is 6.24. The highest BCUT2D eigenvalue weighted by Gasteiger charge is 2.22. The molecule has 13 heavy (non-hydrogen) atoms. The highest BCUT2D eigenvalue weighted by molar-refractivity contribution is 9.11. The van der Waals surface area contributed by atoms with Gasteiger partial charge in [-0.05, 0) is 38.9 Å². The first-order valence-corrected chi connectivity index (χ1v) is 7.19. The van der Waals surface area contributed by atoms with Gasteiger partial charge in [-0.25, -0.2) is 0 Å². The van der Waals surface area contributed by atoms with E-state index in [-0.39, 0.29) is 0 Å². The molecular formula is C9H4Br2S2. The predicted molar refractivity (Wildman–Crippen MR) is 67.5 cm³/mol. The summed E-state index contributed by atoms with van der Waals surface area (Å²) in [6, 6.07) is 2.19. The van der Waals surface area contributed by atoms with Crippen LogP contribution in [-0.2, 0) is 0 Å². The fraction of sp³-hybridized carbons (Fsp3) is 0.111. The van der Waals surface area contributed by atoms with E-state index in [2.05, 4.69) is 50.1 Å². The maximum absolute atomic E-state index is 3.59. The zero-order chi connectivity index (χ0) is 9.00. The lowest BCUT2D eigenvalue weighted by atomic mass is 10.3. The summed E-state index contributed by atoms with van der Waals surface area (Å²) >= 11 is 10.8. The largest absolute Gasteiger partial charge is 0.127 e. The molecule has 1 aliphatic carbocycles. The Labute approximate surface area is 101 Å². The number of thioether (sulfide) groups is 1. The molecule has 0 bridgehead atoms. The van der Waals surface area contributed by atoms with Crippen molar-refractivity contribution in [1.82, 2.24) is 0 Å². The summed E-state index contributed by atoms with van der Waals surface area (Å²) in [6.45, 7) is 0. The molecule has 0 amide bonds. The van der Waals surface area contributed by atoms with Crippen molar-refractivity contribution in [1.29, 1.82) is 0 Å². The summed E-state index contributed by atoms with van der Waals surface area (Å²) in [5, 5.41) is 1.37. The Morgan fingerprint density at radius 1 is 1.38 bits per heavy atom. The van der Waals surface area contributed by atoms with Gasteiger partial charge in [0.05, 0.1) is 7.95 Å². The van der Waals surface area contributed by atoms with Crippen LogP contribution in [-0.4, -0.2) is 4.16 Å². The molecule has 2 aliphatic rings. The molecule has 0 N–H and O–H groups in total. The van der Waals surface area contributed by atoms with Gasteiger partial charge in [-0.2, -0.15) is 0 Å². The molecule has 0 saturated carbocycles. The minimum absolute atomic E-state index is 0.461. The molecule has 4 heteroatoms. The first kappa shape index (κ1) is 8.77. The van der Waals surface area contributed by atoms with E-state index in [1.54, 1.807) is 0 Å². The van der Waals surface area contributed by atoms with Crippen molar-refractivity contribution >= 4 is 65.9 Å². The van der Waals surface area contributed by atoms with Crippen molar-refractivity contribution in [3.63, 3.8) is 0 Å². The van der Waals surface area contributed by atoms with E-state index in [4.69, 9.17) is 0 Å². The predicted octanol–water partition coefficient (Wildman–Crippen LogP) is 2.81. The summed E-state index contributed by atoms with van der Waals surface area (Å²) in [5.74, 6) is 0. The van der Waals surface area contributed by atoms with Crippen LogP contribution in [0.3, 0.4) is 0 Å². The average molecular weight is 336 g/mol. The molecule has 0 spiro atoms. The molecule has 0 fully saturated rings. The van der Waals surface area contributed by atoms with Crippen molar-refractivity contribution in [2.75, 3.05) is 0 Å². The van der Waals surface area contributed by atoms with E-state index in [9.17, 15) is 0 Å². The van der Waals surface area contributed by atoms with Crippen LogP contribution in [0.1, 0.15) is 0 Å². The Hall–Kier alpha value is 0.490. The van der Waals surface area contributed by atoms with Crippen LogP contribution in [0, 0.1) is 0 Å². The molecule has 1 aromatic rings. The Kier molecular flexibility index (Phi) is 2.02. The highest BCUT2D eigenvalue weighted by Crippen LogP contribution is 2.42. The third-order valence-corrected chi connectivity index (χ3v) is 5.71. The maximum Gasteiger partial charge on any atom is 0.0836 e. The molecule has 0 saturated heterocycles. The fourth-order valence-electron chi connectivity index (χ4n) is 1.56. The van der Waals surface area contributed by atoms with Gasteiger partial charge in [-0.3, -0.25) is 0 Å². The van der Waals surface area contributed by atoms with E-state index in [1.807, 2.05) is 23.1 Å². The second-order valence-corrected chi connectivity index (χ2v) is 8.08. The normalized spacial score (nSPS) is 24.0. The van der Waals surface area contributed by atoms with Crippen LogP contribution < -0.4 is 9.75 Å². The van der Waals surface area contributed by atoms with Gasteiger partial charge in [0, 0.05) is 9.44 Å². The summed E-state index contributed by atoms with van der Waals surface area (Å²) < 4.78 is 3.10. The zero-order valence-electron chi connectivity index (χ0n) is 6.38. The average Bonchev–Trinajstić information content (AvgIpc) is 2.60. The van der Waals surface area contributed by atoms with Gasteiger partial charge >= 0.3 is 0 Å². The molecule has 3 rings (SSSR count). The SMILES string of the molecule is Brc1cc2c(s1)=C1SC(Br)C=C1C=2. The van der Waals surface area contributed by atoms with Crippen LogP contribution in [0.5, 0.6) is 0 Å². The Morgan fingerprint density at radius 3 is 3.08 bits per heavy atom. The van der Waals surface area contributed by atoms with Gasteiger partial charge in [0.2, 0.25) is 0 Å². The molecule has 1 aliphatic heterocycles. The van der Waals surface area contributed by atoms with Gasteiger partial charge in [0.25, 0.3) is 0 Å². The van der Waals surface area contributed by atoms with Crippen molar-refractivity contribution in [3.8, 4) is 0 Å². The van der Waals surface area contributed by atoms with Gasteiger partial charge in [0.1, 0.15) is 0 Å². The molecule has 66 valence electrons. The van der Waals surface area contributed by atoms with Crippen molar-refractivity contribution in [2.45, 2.75) is 4.16 Å². The number of hydrogen-bond donors (Lipinski definition) is 0. The second-order valence-electron chi connectivity index (χ2n) is 2.90. The van der Waals surface area contributed by atoms with Gasteiger partial charge in [0.15, 0.2) is 0 Å². The molecule has 0 aromatic carbocycles. The van der Waals surface area contributed by atoms with Crippen LogP contribution in [0.2, 0.25) is 0 Å². The van der Waals surface area contributed by atoms with Gasteiger partial charge in [-0.15, -0.1) is 23.1 Å². The third kappa shape index (κ3) is 1.30. The van der Waals surface area contributed by atoms with Crippen molar-refractivity contribution < 1.29 is 0 Å². The molecular weight excluding hydrogens is 332 g/mol. The molecule has 1 atom stereocenters. The smallest absolute Gasteiger partial charge is 0.0836 e. The number of thiophene rings is 1. The quantitative estimate of drug-likeness (QED) is 0.657. The molecule has 0 nitrogen and oxygen atoms in total. The second kappa shape index (κ2) is 2.99. The van der Waals surface area contributed by atoms with Gasteiger partial charge < -0.3 is 0 Å². The summed E-state index contributed by atoms with van der Waals surface area (Å²) in [4.78, 5) is 1.44. The number of halogens is 2. The topological polar surface area (TPSA) is 0 Å². The van der Waals surface area contributed by atoms with E-state index >= 15 is 0 Å².